The van der Waals surface area contributed by atoms with Crippen LogP contribution in [0.25, 0.3) is 0 Å². The van der Waals surface area contributed by atoms with Crippen LogP contribution in [0.2, 0.25) is 0 Å². The average molecular weight is 425 g/mol. The van der Waals surface area contributed by atoms with Gasteiger partial charge < -0.3 is 14.8 Å². The SMILES string of the molecule is CC(C)(C)OC(=O)N1CCCC1C(=O)NCc1cccc(COCc2ccccc2)c1. The van der Waals surface area contributed by atoms with Crippen molar-refractivity contribution < 1.29 is 19.1 Å². The van der Waals surface area contributed by atoms with E-state index in [1.807, 2.05) is 75.4 Å². The van der Waals surface area contributed by atoms with Crippen LogP contribution in [0.3, 0.4) is 0 Å². The first kappa shape index (κ1) is 22.8. The van der Waals surface area contributed by atoms with Crippen molar-refractivity contribution in [1.29, 1.82) is 0 Å². The second kappa shape index (κ2) is 10.4. The van der Waals surface area contributed by atoms with Gasteiger partial charge in [0.1, 0.15) is 11.6 Å². The maximum Gasteiger partial charge on any atom is 0.410 e. The highest BCUT2D eigenvalue weighted by Gasteiger charge is 2.36. The molecule has 2 amide bonds. The van der Waals surface area contributed by atoms with Gasteiger partial charge in [0, 0.05) is 13.1 Å². The number of nitrogens with one attached hydrogen (secondary N) is 1. The highest BCUT2D eigenvalue weighted by Crippen LogP contribution is 2.21. The summed E-state index contributed by atoms with van der Waals surface area (Å²) in [6, 6.07) is 17.6. The van der Waals surface area contributed by atoms with Gasteiger partial charge in [-0.25, -0.2) is 4.79 Å². The summed E-state index contributed by atoms with van der Waals surface area (Å²) in [5, 5.41) is 2.97. The Hall–Kier alpha value is -2.86. The fourth-order valence-electron chi connectivity index (χ4n) is 3.58. The predicted octanol–water partition coefficient (Wildman–Crippen LogP) is 4.42. The summed E-state index contributed by atoms with van der Waals surface area (Å²) in [6.07, 6.45) is 1.02. The Balaban J connectivity index is 1.49. The van der Waals surface area contributed by atoms with Crippen LogP contribution in [0.5, 0.6) is 0 Å². The smallest absolute Gasteiger partial charge is 0.410 e. The number of ether oxygens (including phenoxy) is 2. The van der Waals surface area contributed by atoms with Crippen molar-refractivity contribution in [3.05, 3.63) is 71.3 Å². The molecule has 2 aromatic rings. The lowest BCUT2D eigenvalue weighted by Crippen LogP contribution is -2.47. The van der Waals surface area contributed by atoms with Crippen molar-refractivity contribution in [3.63, 3.8) is 0 Å². The molecule has 0 saturated carbocycles. The van der Waals surface area contributed by atoms with E-state index in [-0.39, 0.29) is 5.91 Å². The lowest BCUT2D eigenvalue weighted by atomic mass is 10.1. The van der Waals surface area contributed by atoms with Gasteiger partial charge in [0.25, 0.3) is 0 Å². The van der Waals surface area contributed by atoms with E-state index in [9.17, 15) is 9.59 Å². The maximum absolute atomic E-state index is 12.7. The minimum absolute atomic E-state index is 0.144. The standard InChI is InChI=1S/C25H32N2O4/c1-25(2,3)31-24(29)27-14-8-13-22(27)23(28)26-16-20-11-7-12-21(15-20)18-30-17-19-9-5-4-6-10-19/h4-7,9-12,15,22H,8,13-14,16-18H2,1-3H3,(H,26,28). The van der Waals surface area contributed by atoms with Gasteiger partial charge in [0.15, 0.2) is 0 Å². The number of benzene rings is 2. The van der Waals surface area contributed by atoms with Crippen LogP contribution in [0.15, 0.2) is 54.6 Å². The van der Waals surface area contributed by atoms with Crippen LogP contribution in [0.4, 0.5) is 4.79 Å². The molecular formula is C25H32N2O4. The van der Waals surface area contributed by atoms with Crippen LogP contribution in [-0.2, 0) is 34.0 Å². The largest absolute Gasteiger partial charge is 0.444 e. The van der Waals surface area contributed by atoms with Crippen molar-refractivity contribution in [2.24, 2.45) is 0 Å². The van der Waals surface area contributed by atoms with Gasteiger partial charge in [-0.1, -0.05) is 54.6 Å². The second-order valence-electron chi connectivity index (χ2n) is 8.85. The molecule has 166 valence electrons. The van der Waals surface area contributed by atoms with Gasteiger partial charge in [-0.2, -0.15) is 0 Å². The molecule has 2 aromatic carbocycles. The quantitative estimate of drug-likeness (QED) is 0.714. The van der Waals surface area contributed by atoms with Crippen molar-refractivity contribution in [2.45, 2.75) is 65.0 Å². The number of carbonyl (C=O) groups is 2. The molecule has 1 unspecified atom stereocenters. The Morgan fingerprint density at radius 2 is 1.68 bits per heavy atom. The number of carbonyl (C=O) groups excluding carboxylic acids is 2. The summed E-state index contributed by atoms with van der Waals surface area (Å²) in [6.45, 7) is 7.49. The fourth-order valence-corrected chi connectivity index (χ4v) is 3.58. The normalized spacial score (nSPS) is 16.2. The van der Waals surface area contributed by atoms with Crippen molar-refractivity contribution >= 4 is 12.0 Å². The highest BCUT2D eigenvalue weighted by atomic mass is 16.6. The van der Waals surface area contributed by atoms with Crippen molar-refractivity contribution in [3.8, 4) is 0 Å². The number of likely N-dealkylation sites (tertiary alicyclic amines) is 1. The average Bonchev–Trinajstić information content (AvgIpc) is 3.22. The van der Waals surface area contributed by atoms with Gasteiger partial charge in [0.05, 0.1) is 13.2 Å². The van der Waals surface area contributed by atoms with Gasteiger partial charge in [-0.3, -0.25) is 9.69 Å². The first-order valence-electron chi connectivity index (χ1n) is 10.8. The first-order valence-corrected chi connectivity index (χ1v) is 10.8. The molecule has 6 nitrogen and oxygen atoms in total. The van der Waals surface area contributed by atoms with Gasteiger partial charge in [0.2, 0.25) is 5.91 Å². The summed E-state index contributed by atoms with van der Waals surface area (Å²) >= 11 is 0. The molecule has 1 aliphatic rings. The number of hydrogen-bond acceptors (Lipinski definition) is 4. The Morgan fingerprint density at radius 3 is 2.42 bits per heavy atom. The molecular weight excluding hydrogens is 392 g/mol. The van der Waals surface area contributed by atoms with E-state index < -0.39 is 17.7 Å². The van der Waals surface area contributed by atoms with E-state index in [1.165, 1.54) is 4.90 Å². The van der Waals surface area contributed by atoms with Gasteiger partial charge in [-0.15, -0.1) is 0 Å². The Bertz CT molecular complexity index is 877. The van der Waals surface area contributed by atoms with Crippen LogP contribution in [0, 0.1) is 0 Å². The summed E-state index contributed by atoms with van der Waals surface area (Å²) in [5.41, 5.74) is 2.61. The van der Waals surface area contributed by atoms with E-state index in [1.54, 1.807) is 0 Å². The molecule has 0 aromatic heterocycles. The summed E-state index contributed by atoms with van der Waals surface area (Å²) < 4.78 is 11.2. The van der Waals surface area contributed by atoms with E-state index in [2.05, 4.69) is 5.32 Å². The molecule has 0 spiro atoms. The fraction of sp³-hybridized carbons (Fsp3) is 0.440. The van der Waals surface area contributed by atoms with Crippen LogP contribution in [-0.4, -0.2) is 35.1 Å². The third kappa shape index (κ3) is 7.10. The molecule has 31 heavy (non-hydrogen) atoms. The molecule has 1 heterocycles. The number of nitrogens with zero attached hydrogens (tertiary/aromatic N) is 1. The van der Waals surface area contributed by atoms with E-state index in [0.29, 0.717) is 32.7 Å². The van der Waals surface area contributed by atoms with Gasteiger partial charge >= 0.3 is 6.09 Å². The van der Waals surface area contributed by atoms with Crippen LogP contribution in [0.1, 0.15) is 50.3 Å². The topological polar surface area (TPSA) is 67.9 Å². The van der Waals surface area contributed by atoms with Crippen molar-refractivity contribution in [1.82, 2.24) is 10.2 Å². The van der Waals surface area contributed by atoms with E-state index >= 15 is 0 Å². The van der Waals surface area contributed by atoms with E-state index in [4.69, 9.17) is 9.47 Å². The maximum atomic E-state index is 12.7. The molecule has 0 aliphatic carbocycles. The van der Waals surface area contributed by atoms with Crippen LogP contribution >= 0.6 is 0 Å². The number of rotatable bonds is 7. The summed E-state index contributed by atoms with van der Waals surface area (Å²) in [7, 11) is 0. The Labute approximate surface area is 184 Å². The highest BCUT2D eigenvalue weighted by molar-refractivity contribution is 5.86. The lowest BCUT2D eigenvalue weighted by Gasteiger charge is -2.28. The molecule has 1 atom stereocenters. The molecule has 1 fully saturated rings. The first-order chi connectivity index (χ1) is 14.8. The predicted molar refractivity (Wildman–Crippen MR) is 119 cm³/mol. The van der Waals surface area contributed by atoms with Crippen LogP contribution < -0.4 is 5.32 Å². The Kier molecular flexibility index (Phi) is 7.69. The molecule has 1 N–H and O–H groups in total. The summed E-state index contributed by atoms with van der Waals surface area (Å²) in [4.78, 5) is 26.7. The monoisotopic (exact) mass is 424 g/mol. The molecule has 0 radical (unpaired) electrons. The Morgan fingerprint density at radius 1 is 1.00 bits per heavy atom. The van der Waals surface area contributed by atoms with Crippen molar-refractivity contribution in [2.75, 3.05) is 6.54 Å². The molecule has 1 saturated heterocycles. The third-order valence-corrected chi connectivity index (χ3v) is 5.02. The third-order valence-electron chi connectivity index (χ3n) is 5.02. The number of amides is 2. The minimum atomic E-state index is -0.580. The molecule has 0 bridgehead atoms. The molecule has 6 heteroatoms. The zero-order valence-electron chi connectivity index (χ0n) is 18.6. The molecule has 3 rings (SSSR count). The second-order valence-corrected chi connectivity index (χ2v) is 8.85. The number of hydrogen-bond donors (Lipinski definition) is 1. The lowest BCUT2D eigenvalue weighted by molar-refractivity contribution is -0.125. The van der Waals surface area contributed by atoms with E-state index in [0.717, 1.165) is 23.1 Å². The van der Waals surface area contributed by atoms with Gasteiger partial charge in [-0.05, 0) is 50.3 Å². The zero-order valence-corrected chi connectivity index (χ0v) is 18.6. The zero-order chi connectivity index (χ0) is 22.3. The molecule has 1 aliphatic heterocycles. The minimum Gasteiger partial charge on any atom is -0.444 e. The summed E-state index contributed by atoms with van der Waals surface area (Å²) in [5.74, 6) is -0.144.